The van der Waals surface area contributed by atoms with Crippen LogP contribution in [0, 0.1) is 6.92 Å². The average molecular weight is 396 g/mol. The molecule has 0 atom stereocenters. The number of azo groups is 2. The first kappa shape index (κ1) is 19.3. The molecule has 3 rings (SSSR count). The Hall–Kier alpha value is -3.43. The van der Waals surface area contributed by atoms with Gasteiger partial charge >= 0.3 is 0 Å². The van der Waals surface area contributed by atoms with Crippen molar-refractivity contribution < 1.29 is 18.1 Å². The molecule has 0 saturated heterocycles. The number of phenols is 1. The summed E-state index contributed by atoms with van der Waals surface area (Å²) in [6.07, 6.45) is 0. The predicted molar refractivity (Wildman–Crippen MR) is 104 cm³/mol. The maximum atomic E-state index is 11.3. The topological polar surface area (TPSA) is 124 Å². The van der Waals surface area contributed by atoms with Gasteiger partial charge in [-0.15, -0.1) is 0 Å². The summed E-state index contributed by atoms with van der Waals surface area (Å²) < 4.78 is 31.9. The van der Waals surface area contributed by atoms with Gasteiger partial charge in [0.2, 0.25) is 0 Å². The van der Waals surface area contributed by atoms with Crippen LogP contribution in [0.5, 0.6) is 5.75 Å². The average Bonchev–Trinajstić information content (AvgIpc) is 2.67. The minimum Gasteiger partial charge on any atom is -0.508 e. The largest absolute Gasteiger partial charge is 0.508 e. The van der Waals surface area contributed by atoms with E-state index in [4.69, 9.17) is 0 Å². The third kappa shape index (κ3) is 5.06. The lowest BCUT2D eigenvalue weighted by molar-refractivity contribution is 0.475. The first-order valence-electron chi connectivity index (χ1n) is 8.12. The SMILES string of the molecule is Cc1ccc(N=Nc2ccc(N=Nc3ccc(O)cc3)cc2)cc1S(=O)(=O)O. The number of phenolic OH excluding ortho intramolecular Hbond substituents is 1. The van der Waals surface area contributed by atoms with Crippen molar-refractivity contribution >= 4 is 32.9 Å². The Kier molecular flexibility index (Phi) is 5.57. The molecule has 0 unspecified atom stereocenters. The van der Waals surface area contributed by atoms with Crippen molar-refractivity contribution in [3.05, 3.63) is 72.3 Å². The van der Waals surface area contributed by atoms with Crippen LogP contribution in [0.3, 0.4) is 0 Å². The minimum atomic E-state index is -4.31. The van der Waals surface area contributed by atoms with Crippen LogP contribution in [0.1, 0.15) is 5.56 Å². The summed E-state index contributed by atoms with van der Waals surface area (Å²) >= 11 is 0. The molecule has 0 bridgehead atoms. The molecule has 8 nitrogen and oxygen atoms in total. The number of rotatable bonds is 5. The predicted octanol–water partition coefficient (Wildman–Crippen LogP) is 5.78. The van der Waals surface area contributed by atoms with Crippen molar-refractivity contribution in [1.82, 2.24) is 0 Å². The summed E-state index contributed by atoms with van der Waals surface area (Å²) in [5, 5.41) is 25.4. The Morgan fingerprint density at radius 1 is 0.679 bits per heavy atom. The molecule has 0 aliphatic rings. The second-order valence-electron chi connectivity index (χ2n) is 5.86. The Morgan fingerprint density at radius 2 is 1.07 bits per heavy atom. The van der Waals surface area contributed by atoms with Crippen molar-refractivity contribution in [2.45, 2.75) is 11.8 Å². The van der Waals surface area contributed by atoms with Crippen LogP contribution >= 0.6 is 0 Å². The number of benzene rings is 3. The summed E-state index contributed by atoms with van der Waals surface area (Å²) in [5.74, 6) is 0.158. The zero-order chi connectivity index (χ0) is 20.1. The van der Waals surface area contributed by atoms with Gasteiger partial charge in [0.1, 0.15) is 5.75 Å². The lowest BCUT2D eigenvalue weighted by Crippen LogP contribution is -2.00. The second-order valence-corrected chi connectivity index (χ2v) is 7.25. The Bertz CT molecular complexity index is 1140. The maximum absolute atomic E-state index is 11.3. The second kappa shape index (κ2) is 8.07. The highest BCUT2D eigenvalue weighted by atomic mass is 32.2. The molecule has 2 N–H and O–H groups in total. The number of aromatic hydroxyl groups is 1. The molecule has 3 aromatic rings. The third-order valence-electron chi connectivity index (χ3n) is 3.71. The lowest BCUT2D eigenvalue weighted by Gasteiger charge is -2.02. The van der Waals surface area contributed by atoms with E-state index in [2.05, 4.69) is 20.5 Å². The number of hydrogen-bond donors (Lipinski definition) is 2. The van der Waals surface area contributed by atoms with Gasteiger partial charge in [0.25, 0.3) is 10.1 Å². The van der Waals surface area contributed by atoms with Crippen LogP contribution in [-0.4, -0.2) is 18.1 Å². The molecule has 142 valence electrons. The number of hydrogen-bond acceptors (Lipinski definition) is 7. The van der Waals surface area contributed by atoms with E-state index in [1.54, 1.807) is 55.5 Å². The summed E-state index contributed by atoms with van der Waals surface area (Å²) in [4.78, 5) is -0.200. The van der Waals surface area contributed by atoms with Crippen molar-refractivity contribution in [2.75, 3.05) is 0 Å². The van der Waals surface area contributed by atoms with Gasteiger partial charge in [-0.3, -0.25) is 4.55 Å². The van der Waals surface area contributed by atoms with Crippen LogP contribution in [0.15, 0.2) is 92.1 Å². The van der Waals surface area contributed by atoms with E-state index in [9.17, 15) is 18.1 Å². The summed E-state index contributed by atoms with van der Waals surface area (Å²) in [6.45, 7) is 1.58. The molecule has 3 aromatic carbocycles. The fourth-order valence-corrected chi connectivity index (χ4v) is 3.01. The molecule has 0 aliphatic carbocycles. The Labute approximate surface area is 161 Å². The van der Waals surface area contributed by atoms with Crippen LogP contribution in [-0.2, 0) is 10.1 Å². The molecule has 0 saturated carbocycles. The maximum Gasteiger partial charge on any atom is 0.294 e. The first-order chi connectivity index (χ1) is 13.3. The molecule has 0 spiro atoms. The molecule has 0 fully saturated rings. The number of nitrogens with zero attached hydrogens (tertiary/aromatic N) is 4. The quantitative estimate of drug-likeness (QED) is 0.419. The third-order valence-corrected chi connectivity index (χ3v) is 4.71. The molecular formula is C19H16N4O4S. The highest BCUT2D eigenvalue weighted by Crippen LogP contribution is 2.26. The van der Waals surface area contributed by atoms with Crippen LogP contribution in [0.25, 0.3) is 0 Å². The fraction of sp³-hybridized carbons (Fsp3) is 0.0526. The van der Waals surface area contributed by atoms with Crippen molar-refractivity contribution in [2.24, 2.45) is 20.5 Å². The summed E-state index contributed by atoms with van der Waals surface area (Å²) in [5.41, 5.74) is 2.48. The van der Waals surface area contributed by atoms with Gasteiger partial charge in [-0.05, 0) is 73.2 Å². The van der Waals surface area contributed by atoms with E-state index >= 15 is 0 Å². The molecule has 0 heterocycles. The molecular weight excluding hydrogens is 380 g/mol. The van der Waals surface area contributed by atoms with Gasteiger partial charge in [0.15, 0.2) is 0 Å². The molecule has 9 heteroatoms. The smallest absolute Gasteiger partial charge is 0.294 e. The monoisotopic (exact) mass is 396 g/mol. The van der Waals surface area contributed by atoms with E-state index in [1.807, 2.05) is 0 Å². The first-order valence-corrected chi connectivity index (χ1v) is 9.56. The fourth-order valence-electron chi connectivity index (χ4n) is 2.27. The van der Waals surface area contributed by atoms with E-state index in [1.165, 1.54) is 18.2 Å². The van der Waals surface area contributed by atoms with E-state index in [0.29, 0.717) is 28.3 Å². The zero-order valence-corrected chi connectivity index (χ0v) is 15.6. The Morgan fingerprint density at radius 3 is 1.54 bits per heavy atom. The van der Waals surface area contributed by atoms with Crippen LogP contribution in [0.2, 0.25) is 0 Å². The van der Waals surface area contributed by atoms with Crippen molar-refractivity contribution in [1.29, 1.82) is 0 Å². The van der Waals surface area contributed by atoms with Gasteiger partial charge in [-0.2, -0.15) is 28.9 Å². The van der Waals surface area contributed by atoms with Gasteiger partial charge in [-0.25, -0.2) is 0 Å². The molecule has 0 aromatic heterocycles. The summed E-state index contributed by atoms with van der Waals surface area (Å²) in [7, 11) is -4.31. The lowest BCUT2D eigenvalue weighted by atomic mass is 10.2. The van der Waals surface area contributed by atoms with Gasteiger partial charge in [-0.1, -0.05) is 6.07 Å². The normalized spacial score (nSPS) is 12.1. The summed E-state index contributed by atoms with van der Waals surface area (Å²) in [6, 6.07) is 17.5. The van der Waals surface area contributed by atoms with E-state index < -0.39 is 10.1 Å². The van der Waals surface area contributed by atoms with E-state index in [0.717, 1.165) is 0 Å². The van der Waals surface area contributed by atoms with Gasteiger partial charge in [0, 0.05) is 0 Å². The van der Waals surface area contributed by atoms with Gasteiger partial charge < -0.3 is 5.11 Å². The number of aryl methyl sites for hydroxylation is 1. The van der Waals surface area contributed by atoms with Crippen LogP contribution in [0.4, 0.5) is 22.7 Å². The van der Waals surface area contributed by atoms with E-state index in [-0.39, 0.29) is 10.6 Å². The molecule has 0 aliphatic heterocycles. The van der Waals surface area contributed by atoms with Crippen LogP contribution < -0.4 is 0 Å². The standard InChI is InChI=1S/C19H16N4O4S/c1-13-2-3-17(12-19(13)28(25,26)27)23-22-15-6-4-14(5-7-15)20-21-16-8-10-18(24)11-9-16/h2-12,24H,1H3,(H,25,26,27). The molecule has 28 heavy (non-hydrogen) atoms. The zero-order valence-electron chi connectivity index (χ0n) is 14.8. The molecule has 0 radical (unpaired) electrons. The highest BCUT2D eigenvalue weighted by Gasteiger charge is 2.13. The minimum absolute atomic E-state index is 0.158. The molecule has 0 amide bonds. The highest BCUT2D eigenvalue weighted by molar-refractivity contribution is 7.85. The Balaban J connectivity index is 1.73. The van der Waals surface area contributed by atoms with Crippen molar-refractivity contribution in [3.63, 3.8) is 0 Å². The van der Waals surface area contributed by atoms with Crippen molar-refractivity contribution in [3.8, 4) is 5.75 Å². The van der Waals surface area contributed by atoms with Gasteiger partial charge in [0.05, 0.1) is 27.6 Å².